The van der Waals surface area contributed by atoms with Crippen molar-refractivity contribution in [2.75, 3.05) is 23.0 Å². The van der Waals surface area contributed by atoms with Crippen molar-refractivity contribution in [2.24, 2.45) is 0 Å². The van der Waals surface area contributed by atoms with Gasteiger partial charge in [0.05, 0.1) is 26.7 Å². The molecule has 5 rings (SSSR count). The van der Waals surface area contributed by atoms with Crippen LogP contribution >= 0.6 is 50.9 Å². The number of aryl methyl sites for hydroxylation is 1. The molecule has 4 aromatic rings. The van der Waals surface area contributed by atoms with E-state index in [4.69, 9.17) is 42.8 Å². The molecule has 8 nitrogen and oxygen atoms in total. The lowest BCUT2D eigenvalue weighted by atomic mass is 9.94. The molecule has 0 saturated heterocycles. The van der Waals surface area contributed by atoms with Gasteiger partial charge in [0.25, 0.3) is 5.91 Å². The maximum absolute atomic E-state index is 13.9. The molecule has 1 aliphatic heterocycles. The highest BCUT2D eigenvalue weighted by Crippen LogP contribution is 2.44. The van der Waals surface area contributed by atoms with Crippen LogP contribution in [0.1, 0.15) is 49.9 Å². The predicted molar refractivity (Wildman–Crippen MR) is 181 cm³/mol. The molecule has 2 N–H and O–H groups in total. The number of aromatic nitrogens is 3. The third-order valence-corrected chi connectivity index (χ3v) is 9.21. The standard InChI is InChI=1S/C32H32BrCl2N5O3S/c1-5-13-44-32-38-31-36-19(4)27(30(41)37-22-10-7-18(3)8-11-22)28(40(31)39-32)21-15-23(33)29(26(16-21)42-6-2)43-17-20-9-12-24(34)25(35)14-20/h7-12,14-16,28H,5-6,13,17H2,1-4H3,(H,37,41)(H,36,38,39). The third-order valence-electron chi connectivity index (χ3n) is 6.84. The number of halogens is 3. The summed E-state index contributed by atoms with van der Waals surface area (Å²) in [6, 6.07) is 16.3. The van der Waals surface area contributed by atoms with Gasteiger partial charge in [0.2, 0.25) is 11.1 Å². The largest absolute Gasteiger partial charge is 0.490 e. The average molecular weight is 718 g/mol. The van der Waals surface area contributed by atoms with Gasteiger partial charge in [0.1, 0.15) is 12.6 Å². The third kappa shape index (κ3) is 7.20. The fourth-order valence-corrected chi connectivity index (χ4v) is 6.34. The summed E-state index contributed by atoms with van der Waals surface area (Å²) in [4.78, 5) is 18.7. The summed E-state index contributed by atoms with van der Waals surface area (Å²) in [5, 5.41) is 12.8. The van der Waals surface area contributed by atoms with E-state index in [1.165, 1.54) is 0 Å². The Morgan fingerprint density at radius 1 is 1.07 bits per heavy atom. The number of hydrogen-bond acceptors (Lipinski definition) is 7. The number of hydrogen-bond donors (Lipinski definition) is 2. The van der Waals surface area contributed by atoms with E-state index < -0.39 is 6.04 Å². The Morgan fingerprint density at radius 2 is 1.84 bits per heavy atom. The summed E-state index contributed by atoms with van der Waals surface area (Å²) < 4.78 is 14.7. The molecule has 44 heavy (non-hydrogen) atoms. The zero-order chi connectivity index (χ0) is 31.4. The van der Waals surface area contributed by atoms with Crippen LogP contribution in [0.4, 0.5) is 11.6 Å². The SMILES string of the molecule is CCCSc1nc2n(n1)C(c1cc(Br)c(OCc3ccc(Cl)c(Cl)c3)c(OCC)c1)C(C(=O)Nc1ccc(C)cc1)=C(C)N2. The zero-order valence-corrected chi connectivity index (χ0v) is 28.6. The summed E-state index contributed by atoms with van der Waals surface area (Å²) in [5.74, 6) is 2.24. The second kappa shape index (κ2) is 14.3. The van der Waals surface area contributed by atoms with Crippen LogP contribution < -0.4 is 20.1 Å². The molecule has 1 atom stereocenters. The molecule has 0 bridgehead atoms. The number of allylic oxidation sites excluding steroid dienone is 1. The lowest BCUT2D eigenvalue weighted by Crippen LogP contribution is -2.31. The molecule has 2 heterocycles. The lowest BCUT2D eigenvalue weighted by Gasteiger charge is -2.29. The van der Waals surface area contributed by atoms with Crippen molar-refractivity contribution in [3.8, 4) is 11.5 Å². The molecule has 1 aliphatic rings. The van der Waals surface area contributed by atoms with E-state index in [0.29, 0.717) is 60.7 Å². The van der Waals surface area contributed by atoms with Gasteiger partial charge in [0.15, 0.2) is 11.5 Å². The number of carbonyl (C=O) groups excluding carboxylic acids is 1. The molecule has 0 spiro atoms. The predicted octanol–water partition coefficient (Wildman–Crippen LogP) is 9.06. The Balaban J connectivity index is 1.55. The second-order valence-corrected chi connectivity index (χ2v) is 12.9. The maximum Gasteiger partial charge on any atom is 0.255 e. The Bertz CT molecular complexity index is 1710. The van der Waals surface area contributed by atoms with Crippen molar-refractivity contribution in [1.29, 1.82) is 0 Å². The van der Waals surface area contributed by atoms with Crippen LogP contribution in [0, 0.1) is 6.92 Å². The summed E-state index contributed by atoms with van der Waals surface area (Å²) in [7, 11) is 0. The highest BCUT2D eigenvalue weighted by atomic mass is 79.9. The number of nitrogens with zero attached hydrogens (tertiary/aromatic N) is 3. The number of carbonyl (C=O) groups is 1. The first kappa shape index (κ1) is 32.2. The lowest BCUT2D eigenvalue weighted by molar-refractivity contribution is -0.113. The summed E-state index contributed by atoms with van der Waals surface area (Å²) in [5.41, 5.74) is 4.62. The molecular weight excluding hydrogens is 685 g/mol. The topological polar surface area (TPSA) is 90.3 Å². The Labute approximate surface area is 279 Å². The first-order valence-corrected chi connectivity index (χ1v) is 16.7. The number of rotatable bonds is 11. The summed E-state index contributed by atoms with van der Waals surface area (Å²) in [6.45, 7) is 8.56. The highest BCUT2D eigenvalue weighted by molar-refractivity contribution is 9.10. The highest BCUT2D eigenvalue weighted by Gasteiger charge is 2.35. The second-order valence-electron chi connectivity index (χ2n) is 10.2. The van der Waals surface area contributed by atoms with Gasteiger partial charge in [-0.2, -0.15) is 4.98 Å². The van der Waals surface area contributed by atoms with Crippen molar-refractivity contribution in [2.45, 2.75) is 51.9 Å². The van der Waals surface area contributed by atoms with E-state index in [1.807, 2.05) is 63.2 Å². The quantitative estimate of drug-likeness (QED) is 0.150. The normalized spacial score (nSPS) is 14.2. The molecule has 3 aromatic carbocycles. The molecular formula is C32H32BrCl2N5O3S. The maximum atomic E-state index is 13.9. The molecule has 0 aliphatic carbocycles. The average Bonchev–Trinajstić information content (AvgIpc) is 3.40. The van der Waals surface area contributed by atoms with Crippen molar-refractivity contribution in [3.05, 3.63) is 97.1 Å². The molecule has 1 amide bonds. The molecule has 1 aromatic heterocycles. The minimum absolute atomic E-state index is 0.247. The van der Waals surface area contributed by atoms with Crippen LogP contribution in [0.25, 0.3) is 0 Å². The van der Waals surface area contributed by atoms with Crippen LogP contribution in [0.5, 0.6) is 11.5 Å². The first-order chi connectivity index (χ1) is 21.2. The molecule has 0 fully saturated rings. The summed E-state index contributed by atoms with van der Waals surface area (Å²) in [6.07, 6.45) is 0.987. The Kier molecular flexibility index (Phi) is 10.5. The van der Waals surface area contributed by atoms with E-state index in [-0.39, 0.29) is 12.5 Å². The Hall–Kier alpha value is -3.18. The summed E-state index contributed by atoms with van der Waals surface area (Å²) >= 11 is 17.6. The molecule has 0 radical (unpaired) electrons. The molecule has 0 saturated carbocycles. The number of nitrogens with one attached hydrogen (secondary N) is 2. The molecule has 1 unspecified atom stereocenters. The fraction of sp³-hybridized carbons (Fsp3) is 0.281. The van der Waals surface area contributed by atoms with E-state index in [0.717, 1.165) is 28.9 Å². The Morgan fingerprint density at radius 3 is 2.55 bits per heavy atom. The van der Waals surface area contributed by atoms with Crippen LogP contribution in [0.2, 0.25) is 10.0 Å². The van der Waals surface area contributed by atoms with Crippen molar-refractivity contribution in [3.63, 3.8) is 0 Å². The number of amides is 1. The van der Waals surface area contributed by atoms with Gasteiger partial charge in [-0.25, -0.2) is 4.68 Å². The number of benzene rings is 3. The number of ether oxygens (including phenoxy) is 2. The number of fused-ring (bicyclic) bond motifs is 1. The van der Waals surface area contributed by atoms with E-state index in [1.54, 1.807) is 28.6 Å². The van der Waals surface area contributed by atoms with Crippen molar-refractivity contribution in [1.82, 2.24) is 14.8 Å². The van der Waals surface area contributed by atoms with Gasteiger partial charge >= 0.3 is 0 Å². The van der Waals surface area contributed by atoms with Gasteiger partial charge in [-0.15, -0.1) is 5.10 Å². The van der Waals surface area contributed by atoms with Gasteiger partial charge < -0.3 is 20.1 Å². The van der Waals surface area contributed by atoms with Crippen LogP contribution in [0.3, 0.4) is 0 Å². The first-order valence-electron chi connectivity index (χ1n) is 14.2. The smallest absolute Gasteiger partial charge is 0.255 e. The monoisotopic (exact) mass is 715 g/mol. The van der Waals surface area contributed by atoms with Gasteiger partial charge in [-0.05, 0) is 90.6 Å². The van der Waals surface area contributed by atoms with Crippen LogP contribution in [0.15, 0.2) is 75.5 Å². The van der Waals surface area contributed by atoms with Crippen molar-refractivity contribution >= 4 is 68.4 Å². The van der Waals surface area contributed by atoms with E-state index >= 15 is 0 Å². The molecule has 230 valence electrons. The van der Waals surface area contributed by atoms with Gasteiger partial charge in [-0.1, -0.05) is 65.7 Å². The van der Waals surface area contributed by atoms with E-state index in [9.17, 15) is 4.79 Å². The number of thioether (sulfide) groups is 1. The van der Waals surface area contributed by atoms with Gasteiger partial charge in [-0.3, -0.25) is 4.79 Å². The van der Waals surface area contributed by atoms with Crippen LogP contribution in [-0.2, 0) is 11.4 Å². The van der Waals surface area contributed by atoms with Gasteiger partial charge in [0, 0.05) is 17.1 Å². The molecule has 12 heteroatoms. The van der Waals surface area contributed by atoms with E-state index in [2.05, 4.69) is 33.5 Å². The minimum Gasteiger partial charge on any atom is -0.490 e. The van der Waals surface area contributed by atoms with Crippen molar-refractivity contribution < 1.29 is 14.3 Å². The zero-order valence-electron chi connectivity index (χ0n) is 24.7. The fourth-order valence-electron chi connectivity index (χ4n) is 4.76. The minimum atomic E-state index is -0.597. The number of anilines is 2. The van der Waals surface area contributed by atoms with Crippen LogP contribution in [-0.4, -0.2) is 33.0 Å².